The van der Waals surface area contributed by atoms with Crippen LogP contribution in [0.15, 0.2) is 140 Å². The molecule has 230 valence electrons. The highest BCUT2D eigenvalue weighted by molar-refractivity contribution is 7.26. The van der Waals surface area contributed by atoms with Crippen LogP contribution in [-0.2, 0) is 0 Å². The van der Waals surface area contributed by atoms with Crippen LogP contribution in [0.2, 0.25) is 0 Å². The predicted octanol–water partition coefficient (Wildman–Crippen LogP) is 4.32. The Bertz CT molecular complexity index is 2720. The molecule has 0 unspecified atom stereocenters. The Balaban J connectivity index is 1.31. The van der Waals surface area contributed by atoms with Crippen LogP contribution >= 0.6 is 11.3 Å². The molecule has 0 fully saturated rings. The summed E-state index contributed by atoms with van der Waals surface area (Å²) in [5.41, 5.74) is 17.2. The van der Waals surface area contributed by atoms with Gasteiger partial charge in [0.1, 0.15) is 39.2 Å². The van der Waals surface area contributed by atoms with E-state index in [9.17, 15) is 0 Å². The minimum atomic E-state index is 1.24. The maximum Gasteiger partial charge on any atom is 0.139 e. The molecule has 0 aliphatic rings. The summed E-state index contributed by atoms with van der Waals surface area (Å²) in [5.74, 6) is 0. The van der Waals surface area contributed by atoms with Crippen LogP contribution in [0.4, 0.5) is 0 Å². The van der Waals surface area contributed by atoms with Crippen molar-refractivity contribution >= 4 is 120 Å². The van der Waals surface area contributed by atoms with E-state index in [1.165, 1.54) is 114 Å². The van der Waals surface area contributed by atoms with Gasteiger partial charge < -0.3 is 0 Å². The third-order valence-corrected chi connectivity index (χ3v) is 12.4. The van der Waals surface area contributed by atoms with Crippen molar-refractivity contribution < 1.29 is 0 Å². The van der Waals surface area contributed by atoms with E-state index in [0.717, 1.165) is 0 Å². The van der Waals surface area contributed by atoms with Gasteiger partial charge in [-0.3, -0.25) is 0 Å². The van der Waals surface area contributed by atoms with Crippen molar-refractivity contribution in [1.29, 1.82) is 0 Å². The Morgan fingerprint density at radius 2 is 0.760 bits per heavy atom. The van der Waals surface area contributed by atoms with Gasteiger partial charge in [0, 0.05) is 20.2 Å². The van der Waals surface area contributed by atoms with Crippen LogP contribution < -0.4 is 27.3 Å². The van der Waals surface area contributed by atoms with E-state index in [2.05, 4.69) is 179 Å². The molecule has 0 nitrogen and oxygen atoms in total. The monoisotopic (exact) mass is 648 g/mol. The molecule has 1 aromatic heterocycles. The Labute approximate surface area is 302 Å². The minimum Gasteiger partial charge on any atom is -0.135 e. The summed E-state index contributed by atoms with van der Waals surface area (Å²) in [6.07, 6.45) is 0. The van der Waals surface area contributed by atoms with Crippen LogP contribution in [0.25, 0.3) is 86.2 Å². The van der Waals surface area contributed by atoms with E-state index < -0.39 is 0 Å². The Hall–Kier alpha value is -5.18. The van der Waals surface area contributed by atoms with Gasteiger partial charge in [0.05, 0.1) is 0 Å². The molecule has 0 radical (unpaired) electrons. The standard InChI is InChI=1S/C44H33B5S/c45-40-39(41(46)43(48)44(49)42(40)47)37-30-14-6-4-12-28(30)35(29-13-5-7-15-31(29)37)25-18-20-26(21-19-25)36-27(24-10-2-1-3-11-24)22-23-34-38(36)32-16-8-9-17-33(32)50-34/h1-23H,45-49H2. The van der Waals surface area contributed by atoms with Crippen LogP contribution in [0.5, 0.6) is 0 Å². The number of fused-ring (bicyclic) bond motifs is 5. The summed E-state index contributed by atoms with van der Waals surface area (Å²) in [5, 5.41) is 7.86. The van der Waals surface area contributed by atoms with Gasteiger partial charge in [0.15, 0.2) is 0 Å². The van der Waals surface area contributed by atoms with Crippen molar-refractivity contribution in [3.8, 4) is 44.5 Å². The van der Waals surface area contributed by atoms with E-state index in [-0.39, 0.29) is 0 Å². The SMILES string of the molecule is Bc1c(B)c(B)c(-c2c3ccccc3c(-c3ccc(-c4c(-c5ccccc5)ccc5sc6ccccc6c45)cc3)c3ccccc23)c(B)c1B. The first-order chi connectivity index (χ1) is 24.4. The lowest BCUT2D eigenvalue weighted by Gasteiger charge is -2.24. The van der Waals surface area contributed by atoms with Crippen molar-refractivity contribution in [1.82, 2.24) is 0 Å². The van der Waals surface area contributed by atoms with Gasteiger partial charge in [-0.2, -0.15) is 0 Å². The maximum atomic E-state index is 2.35. The number of rotatable bonds is 4. The van der Waals surface area contributed by atoms with Crippen LogP contribution in [-0.4, -0.2) is 39.2 Å². The summed E-state index contributed by atoms with van der Waals surface area (Å²) in [6, 6.07) is 51.8. The molecule has 0 aliphatic heterocycles. The number of thiophene rings is 1. The second-order valence-electron chi connectivity index (χ2n) is 13.7. The lowest BCUT2D eigenvalue weighted by Crippen LogP contribution is -2.55. The molecule has 6 heteroatoms. The molecule has 0 saturated heterocycles. The molecule has 0 saturated carbocycles. The second-order valence-corrected chi connectivity index (χ2v) is 14.8. The molecule has 0 aliphatic carbocycles. The van der Waals surface area contributed by atoms with Crippen LogP contribution in [0.3, 0.4) is 0 Å². The maximum absolute atomic E-state index is 2.35. The molecule has 9 aromatic rings. The molecule has 1 heterocycles. The van der Waals surface area contributed by atoms with Crippen LogP contribution in [0, 0.1) is 0 Å². The third-order valence-electron chi connectivity index (χ3n) is 11.3. The molecule has 9 rings (SSSR count). The molecule has 0 N–H and O–H groups in total. The Morgan fingerprint density at radius 3 is 1.34 bits per heavy atom. The zero-order valence-corrected chi connectivity index (χ0v) is 30.0. The van der Waals surface area contributed by atoms with Gasteiger partial charge in [0.2, 0.25) is 0 Å². The van der Waals surface area contributed by atoms with Gasteiger partial charge in [-0.05, 0) is 78.2 Å². The topological polar surface area (TPSA) is 0 Å². The first-order valence-corrected chi connectivity index (χ1v) is 18.3. The van der Waals surface area contributed by atoms with Gasteiger partial charge >= 0.3 is 0 Å². The quantitative estimate of drug-likeness (QED) is 0.197. The molecule has 0 atom stereocenters. The molecule has 0 amide bonds. The molecular weight excluding hydrogens is 615 g/mol. The molecule has 50 heavy (non-hydrogen) atoms. The average molecular weight is 648 g/mol. The molecule has 0 spiro atoms. The van der Waals surface area contributed by atoms with E-state index >= 15 is 0 Å². The zero-order chi connectivity index (χ0) is 34.1. The fourth-order valence-electron chi connectivity index (χ4n) is 8.36. The summed E-state index contributed by atoms with van der Waals surface area (Å²) >= 11 is 1.88. The highest BCUT2D eigenvalue weighted by Crippen LogP contribution is 2.47. The van der Waals surface area contributed by atoms with Gasteiger partial charge in [0.25, 0.3) is 0 Å². The van der Waals surface area contributed by atoms with Crippen molar-refractivity contribution in [2.75, 3.05) is 0 Å². The average Bonchev–Trinajstić information content (AvgIpc) is 3.55. The van der Waals surface area contributed by atoms with E-state index in [1.807, 2.05) is 11.3 Å². The smallest absolute Gasteiger partial charge is 0.135 e. The summed E-state index contributed by atoms with van der Waals surface area (Å²) < 4.78 is 2.65. The van der Waals surface area contributed by atoms with Crippen molar-refractivity contribution in [3.05, 3.63) is 140 Å². The van der Waals surface area contributed by atoms with E-state index in [0.29, 0.717) is 0 Å². The normalized spacial score (nSPS) is 11.6. The van der Waals surface area contributed by atoms with Gasteiger partial charge in [-0.15, -0.1) is 27.7 Å². The number of hydrogen-bond acceptors (Lipinski definition) is 1. The molecule has 8 aromatic carbocycles. The van der Waals surface area contributed by atoms with E-state index in [1.54, 1.807) is 0 Å². The molecular formula is C44H33B5S. The highest BCUT2D eigenvalue weighted by Gasteiger charge is 2.22. The predicted molar refractivity (Wildman–Crippen MR) is 237 cm³/mol. The Morgan fingerprint density at radius 1 is 0.300 bits per heavy atom. The highest BCUT2D eigenvalue weighted by atomic mass is 32.1. The summed E-state index contributed by atoms with van der Waals surface area (Å²) in [7, 11) is 11.4. The van der Waals surface area contributed by atoms with Gasteiger partial charge in [-0.1, -0.05) is 138 Å². The van der Waals surface area contributed by atoms with Crippen molar-refractivity contribution in [3.63, 3.8) is 0 Å². The minimum absolute atomic E-state index is 1.24. The number of benzene rings is 8. The summed E-state index contributed by atoms with van der Waals surface area (Å²) in [4.78, 5) is 0. The zero-order valence-electron chi connectivity index (χ0n) is 29.2. The first-order valence-electron chi connectivity index (χ1n) is 17.5. The molecule has 0 bridgehead atoms. The fourth-order valence-corrected chi connectivity index (χ4v) is 9.48. The van der Waals surface area contributed by atoms with Crippen LogP contribution in [0.1, 0.15) is 0 Å². The summed E-state index contributed by atoms with van der Waals surface area (Å²) in [6.45, 7) is 0. The largest absolute Gasteiger partial charge is 0.139 e. The first kappa shape index (κ1) is 30.9. The number of hydrogen-bond donors (Lipinski definition) is 0. The lowest BCUT2D eigenvalue weighted by molar-refractivity contribution is 1.61. The third kappa shape index (κ3) is 4.66. The van der Waals surface area contributed by atoms with Gasteiger partial charge in [-0.25, -0.2) is 0 Å². The van der Waals surface area contributed by atoms with Crippen molar-refractivity contribution in [2.24, 2.45) is 0 Å². The second kappa shape index (κ2) is 12.0. The lowest BCUT2D eigenvalue weighted by atomic mass is 9.59. The van der Waals surface area contributed by atoms with Crippen molar-refractivity contribution in [2.45, 2.75) is 0 Å². The fraction of sp³-hybridized carbons (Fsp3) is 0. The Kier molecular flexibility index (Phi) is 7.41. The van der Waals surface area contributed by atoms with E-state index in [4.69, 9.17) is 0 Å².